The van der Waals surface area contributed by atoms with Crippen molar-refractivity contribution < 1.29 is 0 Å². The lowest BCUT2D eigenvalue weighted by molar-refractivity contribution is 0.100. The first-order chi connectivity index (χ1) is 5.61. The summed E-state index contributed by atoms with van der Waals surface area (Å²) in [6.45, 7) is 14.6. The smallest absolute Gasteiger partial charge is 0.146 e. The lowest BCUT2D eigenvalue weighted by Gasteiger charge is -2.38. The van der Waals surface area contributed by atoms with Crippen LogP contribution in [0.4, 0.5) is 0 Å². The third kappa shape index (κ3) is 2.46. The Kier molecular flexibility index (Phi) is 3.53. The molecule has 0 unspecified atom stereocenters. The average Bonchev–Trinajstić information content (AvgIpc) is 2.04. The van der Waals surface area contributed by atoms with Gasteiger partial charge in [-0.2, -0.15) is 0 Å². The molecule has 70 valence electrons. The summed E-state index contributed by atoms with van der Waals surface area (Å²) in [5.74, 6) is 0. The summed E-state index contributed by atoms with van der Waals surface area (Å²) in [5, 5.41) is 0. The first-order valence-electron chi connectivity index (χ1n) is 4.91. The second-order valence-corrected chi connectivity index (χ2v) is 4.03. The van der Waals surface area contributed by atoms with Crippen molar-refractivity contribution in [1.82, 2.24) is 9.80 Å². The average molecular weight is 168 g/mol. The van der Waals surface area contributed by atoms with E-state index in [4.69, 9.17) is 0 Å². The standard InChI is InChI=1S/C10H20N2/c1-9(2)11-6-5-7-12(8-11)10(3)4/h9-10H,5-7H2,1-4H3. The second kappa shape index (κ2) is 4.24. The van der Waals surface area contributed by atoms with Crippen LogP contribution < -0.4 is 0 Å². The lowest BCUT2D eigenvalue weighted by Crippen LogP contribution is -2.45. The van der Waals surface area contributed by atoms with E-state index in [1.165, 1.54) is 19.5 Å². The lowest BCUT2D eigenvalue weighted by atomic mass is 10.2. The molecule has 2 radical (unpaired) electrons. The van der Waals surface area contributed by atoms with Crippen LogP contribution in [0.2, 0.25) is 0 Å². The number of hydrogen-bond acceptors (Lipinski definition) is 2. The van der Waals surface area contributed by atoms with Crippen LogP contribution in [-0.2, 0) is 0 Å². The molecule has 0 saturated carbocycles. The summed E-state index contributed by atoms with van der Waals surface area (Å²) in [5.41, 5.74) is 0. The van der Waals surface area contributed by atoms with Crippen molar-refractivity contribution in [3.8, 4) is 0 Å². The monoisotopic (exact) mass is 168 g/mol. The zero-order valence-corrected chi connectivity index (χ0v) is 8.67. The Bertz CT molecular complexity index is 118. The number of nitrogens with zero attached hydrogens (tertiary/aromatic N) is 2. The molecular formula is C10H20N2. The topological polar surface area (TPSA) is 6.48 Å². The van der Waals surface area contributed by atoms with Gasteiger partial charge in [-0.3, -0.25) is 9.80 Å². The first kappa shape index (κ1) is 10.0. The van der Waals surface area contributed by atoms with E-state index in [9.17, 15) is 0 Å². The molecule has 0 aromatic carbocycles. The summed E-state index contributed by atoms with van der Waals surface area (Å²) < 4.78 is 0. The van der Waals surface area contributed by atoms with E-state index in [1.807, 2.05) is 0 Å². The largest absolute Gasteiger partial charge is 0.277 e. The quantitative estimate of drug-likeness (QED) is 0.620. The Hall–Kier alpha value is -0.0800. The van der Waals surface area contributed by atoms with E-state index in [2.05, 4.69) is 44.2 Å². The van der Waals surface area contributed by atoms with E-state index >= 15 is 0 Å². The predicted octanol–water partition coefficient (Wildman–Crippen LogP) is 1.81. The fraction of sp³-hybridized carbons (Fsp3) is 0.900. The molecule has 0 aromatic rings. The Morgan fingerprint density at radius 3 is 1.67 bits per heavy atom. The molecule has 1 rings (SSSR count). The predicted molar refractivity (Wildman–Crippen MR) is 51.5 cm³/mol. The molecule has 0 aromatic heterocycles. The Labute approximate surface area is 76.5 Å². The molecule has 0 N–H and O–H groups in total. The molecule has 0 atom stereocenters. The summed E-state index contributed by atoms with van der Waals surface area (Å²) in [7, 11) is 0. The van der Waals surface area contributed by atoms with E-state index in [1.54, 1.807) is 0 Å². The highest BCUT2D eigenvalue weighted by atomic mass is 15.3. The molecule has 1 heterocycles. The van der Waals surface area contributed by atoms with Crippen LogP contribution in [0.3, 0.4) is 0 Å². The normalized spacial score (nSPS) is 22.5. The molecule has 2 nitrogen and oxygen atoms in total. The van der Waals surface area contributed by atoms with Crippen molar-refractivity contribution in [3.05, 3.63) is 6.67 Å². The van der Waals surface area contributed by atoms with Gasteiger partial charge in [0.15, 0.2) is 0 Å². The van der Waals surface area contributed by atoms with Gasteiger partial charge in [0.2, 0.25) is 0 Å². The molecule has 1 saturated heterocycles. The van der Waals surface area contributed by atoms with Gasteiger partial charge in [0.1, 0.15) is 6.67 Å². The molecule has 1 aliphatic rings. The van der Waals surface area contributed by atoms with Gasteiger partial charge >= 0.3 is 0 Å². The van der Waals surface area contributed by atoms with Crippen molar-refractivity contribution in [1.29, 1.82) is 0 Å². The SMILES string of the molecule is CC(C)N1[C]N(C(C)C)CCC1. The Morgan fingerprint density at radius 1 is 0.917 bits per heavy atom. The Balaban J connectivity index is 2.40. The highest BCUT2D eigenvalue weighted by Gasteiger charge is 2.22. The molecule has 1 aliphatic heterocycles. The van der Waals surface area contributed by atoms with Crippen LogP contribution in [0.15, 0.2) is 0 Å². The molecule has 0 bridgehead atoms. The van der Waals surface area contributed by atoms with E-state index < -0.39 is 0 Å². The van der Waals surface area contributed by atoms with Gasteiger partial charge in [0.05, 0.1) is 0 Å². The van der Waals surface area contributed by atoms with Gasteiger partial charge < -0.3 is 0 Å². The third-order valence-electron chi connectivity index (χ3n) is 2.30. The van der Waals surface area contributed by atoms with Crippen LogP contribution >= 0.6 is 0 Å². The minimum absolute atomic E-state index is 0.589. The molecule has 2 heteroatoms. The van der Waals surface area contributed by atoms with Crippen LogP contribution in [0, 0.1) is 6.67 Å². The van der Waals surface area contributed by atoms with Gasteiger partial charge in [-0.25, -0.2) is 0 Å². The summed E-state index contributed by atoms with van der Waals surface area (Å²) >= 11 is 0. The van der Waals surface area contributed by atoms with Crippen LogP contribution in [0.1, 0.15) is 34.1 Å². The van der Waals surface area contributed by atoms with E-state index in [0.717, 1.165) is 0 Å². The van der Waals surface area contributed by atoms with Gasteiger partial charge in [-0.1, -0.05) is 0 Å². The Morgan fingerprint density at radius 2 is 1.33 bits per heavy atom. The highest BCUT2D eigenvalue weighted by molar-refractivity contribution is 4.81. The van der Waals surface area contributed by atoms with Gasteiger partial charge in [-0.15, -0.1) is 0 Å². The summed E-state index contributed by atoms with van der Waals surface area (Å²) in [4.78, 5) is 4.59. The van der Waals surface area contributed by atoms with Gasteiger partial charge in [-0.05, 0) is 34.1 Å². The van der Waals surface area contributed by atoms with Crippen molar-refractivity contribution in [3.63, 3.8) is 0 Å². The maximum atomic E-state index is 3.42. The van der Waals surface area contributed by atoms with Crippen molar-refractivity contribution in [2.45, 2.75) is 46.2 Å². The fourth-order valence-electron chi connectivity index (χ4n) is 1.42. The summed E-state index contributed by atoms with van der Waals surface area (Å²) in [6.07, 6.45) is 1.27. The van der Waals surface area contributed by atoms with E-state index in [0.29, 0.717) is 12.1 Å². The molecule has 0 amide bonds. The maximum absolute atomic E-state index is 3.42. The molecule has 1 fully saturated rings. The zero-order valence-electron chi connectivity index (χ0n) is 8.67. The minimum Gasteiger partial charge on any atom is -0.277 e. The molecule has 0 aliphatic carbocycles. The molecular weight excluding hydrogens is 148 g/mol. The summed E-state index contributed by atoms with van der Waals surface area (Å²) in [6, 6.07) is 1.18. The number of rotatable bonds is 2. The maximum Gasteiger partial charge on any atom is 0.146 e. The van der Waals surface area contributed by atoms with Crippen LogP contribution in [-0.4, -0.2) is 35.0 Å². The highest BCUT2D eigenvalue weighted by Crippen LogP contribution is 2.15. The van der Waals surface area contributed by atoms with E-state index in [-0.39, 0.29) is 0 Å². The van der Waals surface area contributed by atoms with Crippen LogP contribution in [0.25, 0.3) is 0 Å². The second-order valence-electron chi connectivity index (χ2n) is 4.03. The molecule has 0 spiro atoms. The minimum atomic E-state index is 0.589. The molecule has 12 heavy (non-hydrogen) atoms. The van der Waals surface area contributed by atoms with Crippen molar-refractivity contribution >= 4 is 0 Å². The first-order valence-corrected chi connectivity index (χ1v) is 4.91. The third-order valence-corrected chi connectivity index (χ3v) is 2.30. The number of hydrogen-bond donors (Lipinski definition) is 0. The van der Waals surface area contributed by atoms with Crippen molar-refractivity contribution in [2.75, 3.05) is 13.1 Å². The van der Waals surface area contributed by atoms with Crippen LogP contribution in [0.5, 0.6) is 0 Å². The van der Waals surface area contributed by atoms with Gasteiger partial charge in [0, 0.05) is 25.2 Å². The fourth-order valence-corrected chi connectivity index (χ4v) is 1.42. The van der Waals surface area contributed by atoms with Crippen molar-refractivity contribution in [2.24, 2.45) is 0 Å². The zero-order chi connectivity index (χ0) is 9.14. The van der Waals surface area contributed by atoms with Gasteiger partial charge in [0.25, 0.3) is 0 Å².